The third kappa shape index (κ3) is 3.38. The Morgan fingerprint density at radius 1 is 1.21 bits per heavy atom. The number of hydrogen-bond acceptors (Lipinski definition) is 4. The summed E-state index contributed by atoms with van der Waals surface area (Å²) in [4.78, 5) is 12.6. The van der Waals surface area contributed by atoms with Gasteiger partial charge in [0.2, 0.25) is 0 Å². The summed E-state index contributed by atoms with van der Waals surface area (Å²) >= 11 is 6.37. The molecule has 0 aromatic heterocycles. The van der Waals surface area contributed by atoms with Gasteiger partial charge in [0.1, 0.15) is 10.1 Å². The molecule has 1 saturated heterocycles. The van der Waals surface area contributed by atoms with Gasteiger partial charge in [0.25, 0.3) is 5.91 Å². The Kier molecular flexibility index (Phi) is 4.52. The molecule has 0 unspecified atom stereocenters. The molecule has 1 heterocycles. The minimum atomic E-state index is -0.132. The van der Waals surface area contributed by atoms with Crippen LogP contribution in [0.25, 0.3) is 6.08 Å². The van der Waals surface area contributed by atoms with Crippen LogP contribution in [0.4, 0.5) is 0 Å². The molecule has 1 aromatic carbocycles. The lowest BCUT2D eigenvalue weighted by molar-refractivity contribution is -0.115. The van der Waals surface area contributed by atoms with E-state index in [9.17, 15) is 4.79 Å². The highest BCUT2D eigenvalue weighted by Crippen LogP contribution is 2.59. The number of carbonyl (C=O) groups is 1. The molecule has 1 N–H and O–H groups in total. The number of amides is 1. The molecule has 144 valence electrons. The lowest BCUT2D eigenvalue weighted by atomic mass is 9.50. The first-order chi connectivity index (χ1) is 13.5. The molecule has 6 rings (SSSR count). The molecular weight excluding hydrogens is 386 g/mol. The van der Waals surface area contributed by atoms with E-state index in [-0.39, 0.29) is 11.3 Å². The number of ether oxygens (including phenoxy) is 1. The highest BCUT2D eigenvalue weighted by Gasteiger charge is 2.50. The van der Waals surface area contributed by atoms with Crippen molar-refractivity contribution in [3.8, 4) is 17.6 Å². The fraction of sp³-hybridized carbons (Fsp3) is 0.478. The lowest BCUT2D eigenvalue weighted by Crippen LogP contribution is -2.45. The molecule has 0 spiro atoms. The normalized spacial score (nSPS) is 34.3. The number of benzene rings is 1. The average Bonchev–Trinajstić information content (AvgIpc) is 2.96. The molecule has 4 saturated carbocycles. The molecule has 5 aliphatic rings. The summed E-state index contributed by atoms with van der Waals surface area (Å²) in [6.45, 7) is 0. The van der Waals surface area contributed by atoms with Crippen LogP contribution in [0.5, 0.6) is 5.75 Å². The third-order valence-corrected chi connectivity index (χ3v) is 7.83. The molecule has 0 atom stereocenters. The molecule has 3 nitrogen and oxygen atoms in total. The predicted molar refractivity (Wildman–Crippen MR) is 117 cm³/mol. The Bertz CT molecular complexity index is 918. The van der Waals surface area contributed by atoms with Crippen LogP contribution < -0.4 is 10.1 Å². The van der Waals surface area contributed by atoms with Crippen molar-refractivity contribution in [1.82, 2.24) is 5.32 Å². The van der Waals surface area contributed by atoms with Gasteiger partial charge in [-0.05, 0) is 80.1 Å². The third-order valence-electron chi connectivity index (χ3n) is 6.66. The van der Waals surface area contributed by atoms with E-state index >= 15 is 0 Å². The first kappa shape index (κ1) is 18.3. The molecular formula is C23H23NO2S2. The van der Waals surface area contributed by atoms with Crippen molar-refractivity contribution in [3.63, 3.8) is 0 Å². The second kappa shape index (κ2) is 6.93. The van der Waals surface area contributed by atoms with Crippen LogP contribution in [0.1, 0.15) is 49.7 Å². The van der Waals surface area contributed by atoms with Crippen molar-refractivity contribution in [2.45, 2.75) is 38.5 Å². The Balaban J connectivity index is 1.46. The first-order valence-corrected chi connectivity index (χ1v) is 11.2. The quantitative estimate of drug-likeness (QED) is 0.435. The maximum absolute atomic E-state index is 11.9. The van der Waals surface area contributed by atoms with Gasteiger partial charge < -0.3 is 10.1 Å². The summed E-state index contributed by atoms with van der Waals surface area (Å²) in [6.07, 6.45) is 9.96. The van der Waals surface area contributed by atoms with E-state index in [1.165, 1.54) is 50.3 Å². The Hall–Kier alpha value is -1.77. The number of rotatable bonds is 2. The zero-order valence-electron chi connectivity index (χ0n) is 15.9. The number of carbonyl (C=O) groups excluding carboxylic acids is 1. The van der Waals surface area contributed by atoms with Crippen LogP contribution in [0, 0.1) is 35.0 Å². The van der Waals surface area contributed by atoms with Crippen LogP contribution in [0.2, 0.25) is 0 Å². The van der Waals surface area contributed by atoms with E-state index in [4.69, 9.17) is 17.0 Å². The standard InChI is InChI=1S/C23H23NO2S2/c1-26-19-3-2-14(10-20-21(25)24-22(27)28-20)9-18(19)4-5-23-11-15-6-16(12-23)8-17(7-15)13-23/h2-3,9-10,15-17H,6-8,11-13H2,1H3,(H,24,25,27)/b20-10+. The number of hydrogen-bond donors (Lipinski definition) is 1. The van der Waals surface area contributed by atoms with Crippen molar-refractivity contribution >= 4 is 40.3 Å². The van der Waals surface area contributed by atoms with Gasteiger partial charge in [0.15, 0.2) is 0 Å². The maximum Gasteiger partial charge on any atom is 0.263 e. The summed E-state index contributed by atoms with van der Waals surface area (Å²) in [5, 5.41) is 2.66. The summed E-state index contributed by atoms with van der Waals surface area (Å²) in [6, 6.07) is 5.91. The van der Waals surface area contributed by atoms with E-state index in [0.717, 1.165) is 34.6 Å². The minimum Gasteiger partial charge on any atom is -0.495 e. The second-order valence-electron chi connectivity index (χ2n) is 8.76. The zero-order chi connectivity index (χ0) is 19.3. The summed E-state index contributed by atoms with van der Waals surface area (Å²) < 4.78 is 6.06. The Labute approximate surface area is 175 Å². The van der Waals surface area contributed by atoms with E-state index in [2.05, 4.69) is 17.2 Å². The number of thiocarbonyl (C=S) groups is 1. The highest BCUT2D eigenvalue weighted by molar-refractivity contribution is 8.26. The van der Waals surface area contributed by atoms with Gasteiger partial charge in [-0.1, -0.05) is 41.9 Å². The highest BCUT2D eigenvalue weighted by atomic mass is 32.2. The van der Waals surface area contributed by atoms with Crippen molar-refractivity contribution in [2.24, 2.45) is 23.2 Å². The minimum absolute atomic E-state index is 0.132. The van der Waals surface area contributed by atoms with E-state index < -0.39 is 0 Å². The molecule has 0 radical (unpaired) electrons. The second-order valence-corrected chi connectivity index (χ2v) is 10.5. The summed E-state index contributed by atoms with van der Waals surface area (Å²) in [5.74, 6) is 10.5. The predicted octanol–water partition coefficient (Wildman–Crippen LogP) is 4.75. The van der Waals surface area contributed by atoms with Gasteiger partial charge in [0.05, 0.1) is 17.6 Å². The van der Waals surface area contributed by atoms with Gasteiger partial charge in [-0.3, -0.25) is 4.79 Å². The molecule has 4 bridgehead atoms. The topological polar surface area (TPSA) is 38.3 Å². The Morgan fingerprint density at radius 3 is 2.46 bits per heavy atom. The molecule has 4 aliphatic carbocycles. The largest absolute Gasteiger partial charge is 0.495 e. The van der Waals surface area contributed by atoms with Crippen LogP contribution >= 0.6 is 24.0 Å². The van der Waals surface area contributed by atoms with Gasteiger partial charge >= 0.3 is 0 Å². The van der Waals surface area contributed by atoms with E-state index in [1.54, 1.807) is 7.11 Å². The molecule has 28 heavy (non-hydrogen) atoms. The first-order valence-electron chi connectivity index (χ1n) is 9.98. The monoisotopic (exact) mass is 409 g/mol. The van der Waals surface area contributed by atoms with Gasteiger partial charge in [0, 0.05) is 5.41 Å². The van der Waals surface area contributed by atoms with Gasteiger partial charge in [-0.2, -0.15) is 0 Å². The van der Waals surface area contributed by atoms with Crippen molar-refractivity contribution < 1.29 is 9.53 Å². The number of thioether (sulfide) groups is 1. The number of methoxy groups -OCH3 is 1. The fourth-order valence-electron chi connectivity index (χ4n) is 5.95. The van der Waals surface area contributed by atoms with Crippen LogP contribution in [-0.4, -0.2) is 17.3 Å². The van der Waals surface area contributed by atoms with Gasteiger partial charge in [-0.25, -0.2) is 0 Å². The Morgan fingerprint density at radius 2 is 1.89 bits per heavy atom. The van der Waals surface area contributed by atoms with Crippen LogP contribution in [0.15, 0.2) is 23.1 Å². The molecule has 1 aromatic rings. The summed E-state index contributed by atoms with van der Waals surface area (Å²) in [7, 11) is 1.68. The van der Waals surface area contributed by atoms with Gasteiger partial charge in [-0.15, -0.1) is 0 Å². The van der Waals surface area contributed by atoms with Crippen molar-refractivity contribution in [1.29, 1.82) is 0 Å². The summed E-state index contributed by atoms with van der Waals surface area (Å²) in [5.41, 5.74) is 2.05. The smallest absolute Gasteiger partial charge is 0.263 e. The molecule has 5 heteroatoms. The number of nitrogens with one attached hydrogen (secondary N) is 1. The van der Waals surface area contributed by atoms with E-state index in [0.29, 0.717) is 9.23 Å². The fourth-order valence-corrected chi connectivity index (χ4v) is 6.99. The average molecular weight is 410 g/mol. The zero-order valence-corrected chi connectivity index (χ0v) is 17.6. The van der Waals surface area contributed by atoms with Crippen LogP contribution in [-0.2, 0) is 4.79 Å². The molecule has 1 aliphatic heterocycles. The maximum atomic E-state index is 11.9. The SMILES string of the molecule is COc1ccc(/C=C2/SC(=S)NC2=O)cc1C#CC12CC3CC(CC(C3)C1)C2. The van der Waals surface area contributed by atoms with E-state index in [1.807, 2.05) is 24.3 Å². The molecule has 5 fully saturated rings. The van der Waals surface area contributed by atoms with Crippen LogP contribution in [0.3, 0.4) is 0 Å². The molecule has 1 amide bonds. The van der Waals surface area contributed by atoms with Crippen molar-refractivity contribution in [3.05, 3.63) is 34.2 Å². The lowest BCUT2D eigenvalue weighted by Gasteiger charge is -2.54. The van der Waals surface area contributed by atoms with Crippen molar-refractivity contribution in [2.75, 3.05) is 7.11 Å².